The molecular formula is C26H23F3N2O2. The predicted octanol–water partition coefficient (Wildman–Crippen LogP) is 6.03. The van der Waals surface area contributed by atoms with Crippen molar-refractivity contribution in [1.82, 2.24) is 10.3 Å². The molecule has 0 aliphatic heterocycles. The number of amides is 1. The van der Waals surface area contributed by atoms with Gasteiger partial charge in [-0.1, -0.05) is 48.5 Å². The van der Waals surface area contributed by atoms with E-state index in [0.29, 0.717) is 17.9 Å². The summed E-state index contributed by atoms with van der Waals surface area (Å²) < 4.78 is 45.5. The molecule has 0 saturated carbocycles. The third-order valence-corrected chi connectivity index (χ3v) is 5.63. The molecule has 3 aromatic carbocycles. The summed E-state index contributed by atoms with van der Waals surface area (Å²) in [5.41, 5.74) is 2.17. The molecule has 1 amide bonds. The smallest absolute Gasteiger partial charge is 0.416 e. The maximum Gasteiger partial charge on any atom is 0.416 e. The second-order valence-electron chi connectivity index (χ2n) is 7.80. The van der Waals surface area contributed by atoms with Crippen LogP contribution in [0.5, 0.6) is 5.75 Å². The Balaban J connectivity index is 1.69. The van der Waals surface area contributed by atoms with E-state index in [1.54, 1.807) is 25.4 Å². The van der Waals surface area contributed by atoms with Crippen molar-refractivity contribution in [2.75, 3.05) is 7.11 Å². The number of carbonyl (C=O) groups excluding carboxylic acids is 1. The van der Waals surface area contributed by atoms with Gasteiger partial charge in [0.25, 0.3) is 0 Å². The lowest BCUT2D eigenvalue weighted by Crippen LogP contribution is -2.25. The number of benzene rings is 3. The standard InChI is InChI=1S/C26H23F3N2O2/c1-33-20-10-11-24-22(13-20)23(16-30-24)21(18-8-5-9-19(12-18)26(27,28)29)14-25(32)31-15-17-6-3-2-4-7-17/h2-13,16,21,30H,14-15H2,1H3,(H,31,32)/t21-/m0/s1. The van der Waals surface area contributed by atoms with Gasteiger partial charge in [0, 0.05) is 36.0 Å². The van der Waals surface area contributed by atoms with Gasteiger partial charge in [-0.15, -0.1) is 0 Å². The Labute approximate surface area is 189 Å². The maximum absolute atomic E-state index is 13.4. The molecule has 4 rings (SSSR count). The zero-order valence-corrected chi connectivity index (χ0v) is 17.9. The molecule has 0 unspecified atom stereocenters. The van der Waals surface area contributed by atoms with Gasteiger partial charge in [-0.2, -0.15) is 13.2 Å². The lowest BCUT2D eigenvalue weighted by molar-refractivity contribution is -0.137. The average molecular weight is 452 g/mol. The first-order valence-corrected chi connectivity index (χ1v) is 10.5. The van der Waals surface area contributed by atoms with Gasteiger partial charge in [-0.05, 0) is 41.0 Å². The highest BCUT2D eigenvalue weighted by atomic mass is 19.4. The normalized spacial score (nSPS) is 12.5. The Morgan fingerprint density at radius 1 is 1.03 bits per heavy atom. The van der Waals surface area contributed by atoms with E-state index < -0.39 is 17.7 Å². The largest absolute Gasteiger partial charge is 0.497 e. The van der Waals surface area contributed by atoms with E-state index in [1.807, 2.05) is 42.5 Å². The van der Waals surface area contributed by atoms with Crippen LogP contribution in [0.1, 0.15) is 34.6 Å². The first-order valence-electron chi connectivity index (χ1n) is 10.5. The summed E-state index contributed by atoms with van der Waals surface area (Å²) in [6.07, 6.45) is -2.72. The Morgan fingerprint density at radius 3 is 2.55 bits per heavy atom. The highest BCUT2D eigenvalue weighted by molar-refractivity contribution is 5.87. The second kappa shape index (κ2) is 9.40. The van der Waals surface area contributed by atoms with Crippen LogP contribution in [0.2, 0.25) is 0 Å². The molecular weight excluding hydrogens is 429 g/mol. The average Bonchev–Trinajstić information content (AvgIpc) is 3.24. The van der Waals surface area contributed by atoms with E-state index in [-0.39, 0.29) is 12.3 Å². The number of alkyl halides is 3. The molecule has 33 heavy (non-hydrogen) atoms. The molecule has 2 N–H and O–H groups in total. The van der Waals surface area contributed by atoms with Crippen LogP contribution in [-0.4, -0.2) is 18.0 Å². The third kappa shape index (κ3) is 5.19. The fraction of sp³-hybridized carbons (Fsp3) is 0.192. The highest BCUT2D eigenvalue weighted by Crippen LogP contribution is 2.37. The summed E-state index contributed by atoms with van der Waals surface area (Å²) in [4.78, 5) is 16.0. The molecule has 1 atom stereocenters. The van der Waals surface area contributed by atoms with Gasteiger partial charge in [-0.3, -0.25) is 4.79 Å². The number of fused-ring (bicyclic) bond motifs is 1. The molecule has 1 aromatic heterocycles. The lowest BCUT2D eigenvalue weighted by Gasteiger charge is -2.19. The van der Waals surface area contributed by atoms with Gasteiger partial charge in [0.1, 0.15) is 5.75 Å². The van der Waals surface area contributed by atoms with Crippen molar-refractivity contribution in [2.24, 2.45) is 0 Å². The number of nitrogens with one attached hydrogen (secondary N) is 2. The second-order valence-corrected chi connectivity index (χ2v) is 7.80. The molecule has 0 saturated heterocycles. The van der Waals surface area contributed by atoms with Crippen LogP contribution in [0.3, 0.4) is 0 Å². The number of rotatable bonds is 7. The van der Waals surface area contributed by atoms with Crippen molar-refractivity contribution < 1.29 is 22.7 Å². The zero-order chi connectivity index (χ0) is 23.4. The molecule has 0 spiro atoms. The van der Waals surface area contributed by atoms with Crippen LogP contribution >= 0.6 is 0 Å². The molecule has 0 bridgehead atoms. The predicted molar refractivity (Wildman–Crippen MR) is 121 cm³/mol. The fourth-order valence-corrected chi connectivity index (χ4v) is 3.93. The first-order chi connectivity index (χ1) is 15.8. The highest BCUT2D eigenvalue weighted by Gasteiger charge is 2.32. The van der Waals surface area contributed by atoms with Crippen molar-refractivity contribution in [3.63, 3.8) is 0 Å². The number of ether oxygens (including phenoxy) is 1. The van der Waals surface area contributed by atoms with Crippen LogP contribution in [-0.2, 0) is 17.5 Å². The lowest BCUT2D eigenvalue weighted by atomic mass is 9.87. The number of aromatic nitrogens is 1. The van der Waals surface area contributed by atoms with E-state index in [0.717, 1.165) is 34.2 Å². The summed E-state index contributed by atoms with van der Waals surface area (Å²) >= 11 is 0. The molecule has 0 fully saturated rings. The van der Waals surface area contributed by atoms with Gasteiger partial charge >= 0.3 is 6.18 Å². The molecule has 0 radical (unpaired) electrons. The zero-order valence-electron chi connectivity index (χ0n) is 17.9. The number of H-pyrrole nitrogens is 1. The summed E-state index contributed by atoms with van der Waals surface area (Å²) in [6, 6.07) is 20.1. The van der Waals surface area contributed by atoms with E-state index in [4.69, 9.17) is 4.74 Å². The van der Waals surface area contributed by atoms with E-state index in [9.17, 15) is 18.0 Å². The molecule has 1 heterocycles. The van der Waals surface area contributed by atoms with Gasteiger partial charge in [0.2, 0.25) is 5.91 Å². The Kier molecular flexibility index (Phi) is 6.40. The Hall–Kier alpha value is -3.74. The third-order valence-electron chi connectivity index (χ3n) is 5.63. The minimum absolute atomic E-state index is 0.00168. The Morgan fingerprint density at radius 2 is 1.82 bits per heavy atom. The number of hydrogen-bond donors (Lipinski definition) is 2. The fourth-order valence-electron chi connectivity index (χ4n) is 3.93. The number of methoxy groups -OCH3 is 1. The minimum Gasteiger partial charge on any atom is -0.497 e. The van der Waals surface area contributed by atoms with E-state index in [2.05, 4.69) is 10.3 Å². The van der Waals surface area contributed by atoms with Gasteiger partial charge in [0.15, 0.2) is 0 Å². The SMILES string of the molecule is COc1ccc2[nH]cc([C@@H](CC(=O)NCc3ccccc3)c3cccc(C(F)(F)F)c3)c2c1. The molecule has 0 aliphatic rings. The number of hydrogen-bond acceptors (Lipinski definition) is 2. The van der Waals surface area contributed by atoms with Gasteiger partial charge in [0.05, 0.1) is 12.7 Å². The van der Waals surface area contributed by atoms with Crippen LogP contribution < -0.4 is 10.1 Å². The molecule has 4 aromatic rings. The monoisotopic (exact) mass is 452 g/mol. The Bertz CT molecular complexity index is 1250. The van der Waals surface area contributed by atoms with Crippen LogP contribution in [0.15, 0.2) is 79.0 Å². The van der Waals surface area contributed by atoms with Crippen molar-refractivity contribution in [3.8, 4) is 5.75 Å². The summed E-state index contributed by atoms with van der Waals surface area (Å²) in [5, 5.41) is 3.68. The van der Waals surface area contributed by atoms with Crippen molar-refractivity contribution in [3.05, 3.63) is 101 Å². The minimum atomic E-state index is -4.47. The molecule has 0 aliphatic carbocycles. The van der Waals surface area contributed by atoms with Crippen molar-refractivity contribution in [1.29, 1.82) is 0 Å². The number of aromatic amines is 1. The van der Waals surface area contributed by atoms with E-state index >= 15 is 0 Å². The molecule has 170 valence electrons. The summed E-state index contributed by atoms with van der Waals surface area (Å²) in [7, 11) is 1.55. The van der Waals surface area contributed by atoms with Crippen LogP contribution in [0, 0.1) is 0 Å². The number of halogens is 3. The van der Waals surface area contributed by atoms with Crippen LogP contribution in [0.4, 0.5) is 13.2 Å². The first kappa shape index (κ1) is 22.5. The molecule has 4 nitrogen and oxygen atoms in total. The van der Waals surface area contributed by atoms with Gasteiger partial charge in [-0.25, -0.2) is 0 Å². The quantitative estimate of drug-likeness (QED) is 0.360. The molecule has 7 heteroatoms. The maximum atomic E-state index is 13.4. The van der Waals surface area contributed by atoms with E-state index in [1.165, 1.54) is 6.07 Å². The summed E-state index contributed by atoms with van der Waals surface area (Å²) in [6.45, 7) is 0.344. The summed E-state index contributed by atoms with van der Waals surface area (Å²) in [5.74, 6) is -0.206. The van der Waals surface area contributed by atoms with Crippen LogP contribution in [0.25, 0.3) is 10.9 Å². The van der Waals surface area contributed by atoms with Gasteiger partial charge < -0.3 is 15.0 Å². The van der Waals surface area contributed by atoms with Crippen molar-refractivity contribution in [2.45, 2.75) is 25.1 Å². The van der Waals surface area contributed by atoms with Crippen molar-refractivity contribution >= 4 is 16.8 Å². The number of carbonyl (C=O) groups is 1. The topological polar surface area (TPSA) is 54.1 Å².